The molecule has 0 bridgehead atoms. The lowest BCUT2D eigenvalue weighted by Gasteiger charge is -2.36. The molecule has 9 nitrogen and oxygen atoms in total. The van der Waals surface area contributed by atoms with Gasteiger partial charge in [-0.25, -0.2) is 8.42 Å². The van der Waals surface area contributed by atoms with E-state index in [-0.39, 0.29) is 10.6 Å². The summed E-state index contributed by atoms with van der Waals surface area (Å²) in [5.41, 5.74) is 3.53. The highest BCUT2D eigenvalue weighted by atomic mass is 32.2. The van der Waals surface area contributed by atoms with E-state index in [1.54, 1.807) is 24.3 Å². The maximum absolute atomic E-state index is 13.1. The number of rotatable bonds is 5. The molecule has 0 atom stereocenters. The molecule has 172 valence electrons. The number of benzene rings is 2. The van der Waals surface area contributed by atoms with Gasteiger partial charge in [-0.1, -0.05) is 6.07 Å². The normalized spacial score (nSPS) is 18.1. The van der Waals surface area contributed by atoms with Crippen LogP contribution in [0.15, 0.2) is 41.3 Å². The third-order valence-electron chi connectivity index (χ3n) is 6.23. The minimum absolute atomic E-state index is 0.0756. The molecule has 0 N–H and O–H groups in total. The Kier molecular flexibility index (Phi) is 6.36. The van der Waals surface area contributed by atoms with Crippen molar-refractivity contribution in [3.63, 3.8) is 0 Å². The quantitative estimate of drug-likeness (QED) is 0.500. The molecule has 4 rings (SSSR count). The largest absolute Gasteiger partial charge is 0.378 e. The molecule has 2 aromatic rings. The van der Waals surface area contributed by atoms with Crippen molar-refractivity contribution >= 4 is 27.1 Å². The highest BCUT2D eigenvalue weighted by Gasteiger charge is 2.30. The standard InChI is InChI=1S/C22H28N4O5S/c1-17-3-5-20(15-18(17)2)32(29,30)25-9-7-23(8-10-25)19-4-6-21(26(27)28)22(16-19)24-11-13-31-14-12-24/h3-6,15-16H,7-14H2,1-2H3. The summed E-state index contributed by atoms with van der Waals surface area (Å²) in [7, 11) is -3.55. The van der Waals surface area contributed by atoms with Crippen molar-refractivity contribution in [3.05, 3.63) is 57.6 Å². The Morgan fingerprint density at radius 2 is 1.56 bits per heavy atom. The van der Waals surface area contributed by atoms with E-state index in [4.69, 9.17) is 4.74 Å². The molecule has 2 saturated heterocycles. The number of anilines is 2. The van der Waals surface area contributed by atoms with Crippen LogP contribution in [0.3, 0.4) is 0 Å². The van der Waals surface area contributed by atoms with Crippen LogP contribution in [-0.4, -0.2) is 70.1 Å². The molecule has 0 amide bonds. The zero-order chi connectivity index (χ0) is 22.9. The Hall–Kier alpha value is -2.69. The number of hydrogen-bond donors (Lipinski definition) is 0. The van der Waals surface area contributed by atoms with Gasteiger partial charge in [0.25, 0.3) is 5.69 Å². The lowest BCUT2D eigenvalue weighted by Crippen LogP contribution is -2.48. The van der Waals surface area contributed by atoms with E-state index in [2.05, 4.69) is 4.90 Å². The number of nitrogens with zero attached hydrogens (tertiary/aromatic N) is 4. The van der Waals surface area contributed by atoms with E-state index in [0.29, 0.717) is 63.1 Å². The summed E-state index contributed by atoms with van der Waals surface area (Å²) in [4.78, 5) is 15.6. The molecule has 0 unspecified atom stereocenters. The smallest absolute Gasteiger partial charge is 0.292 e. The minimum atomic E-state index is -3.55. The summed E-state index contributed by atoms with van der Waals surface area (Å²) in [6.07, 6.45) is 0. The first kappa shape index (κ1) is 22.5. The summed E-state index contributed by atoms with van der Waals surface area (Å²) in [5, 5.41) is 11.5. The van der Waals surface area contributed by atoms with Gasteiger partial charge in [0.15, 0.2) is 0 Å². The molecule has 0 spiro atoms. The Balaban J connectivity index is 1.51. The number of nitro benzene ring substituents is 1. The molecular weight excluding hydrogens is 432 g/mol. The third kappa shape index (κ3) is 4.43. The fraction of sp³-hybridized carbons (Fsp3) is 0.455. The van der Waals surface area contributed by atoms with E-state index in [1.165, 1.54) is 4.31 Å². The molecule has 0 aliphatic carbocycles. The van der Waals surface area contributed by atoms with Crippen molar-refractivity contribution < 1.29 is 18.1 Å². The summed E-state index contributed by atoms with van der Waals surface area (Å²) in [5.74, 6) is 0. The zero-order valence-electron chi connectivity index (χ0n) is 18.4. The maximum atomic E-state index is 13.1. The van der Waals surface area contributed by atoms with E-state index in [9.17, 15) is 18.5 Å². The predicted octanol–water partition coefficient (Wildman–Crippen LogP) is 2.56. The number of nitro groups is 1. The van der Waals surface area contributed by atoms with Crippen molar-refractivity contribution in [2.45, 2.75) is 18.7 Å². The average molecular weight is 461 g/mol. The molecule has 2 aliphatic heterocycles. The van der Waals surface area contributed by atoms with Gasteiger partial charge in [0.05, 0.1) is 23.0 Å². The van der Waals surface area contributed by atoms with Crippen LogP contribution in [0.1, 0.15) is 11.1 Å². The second-order valence-electron chi connectivity index (χ2n) is 8.17. The first-order valence-corrected chi connectivity index (χ1v) is 12.1. The van der Waals surface area contributed by atoms with Gasteiger partial charge in [-0.05, 0) is 49.2 Å². The van der Waals surface area contributed by atoms with Gasteiger partial charge in [0, 0.05) is 51.0 Å². The summed E-state index contributed by atoms with van der Waals surface area (Å²) < 4.78 is 33.1. The number of sulfonamides is 1. The Bertz CT molecular complexity index is 1110. The fourth-order valence-electron chi connectivity index (χ4n) is 4.13. The number of aryl methyl sites for hydroxylation is 2. The van der Waals surface area contributed by atoms with Gasteiger partial charge in [-0.3, -0.25) is 10.1 Å². The highest BCUT2D eigenvalue weighted by Crippen LogP contribution is 2.34. The van der Waals surface area contributed by atoms with Gasteiger partial charge < -0.3 is 14.5 Å². The molecule has 2 fully saturated rings. The first-order chi connectivity index (χ1) is 15.3. The van der Waals surface area contributed by atoms with Crippen molar-refractivity contribution in [2.75, 3.05) is 62.3 Å². The van der Waals surface area contributed by atoms with E-state index in [0.717, 1.165) is 16.8 Å². The number of hydrogen-bond acceptors (Lipinski definition) is 7. The molecule has 0 aromatic heterocycles. The topological polar surface area (TPSA) is 96.2 Å². The van der Waals surface area contributed by atoms with Gasteiger partial charge in [-0.2, -0.15) is 4.31 Å². The van der Waals surface area contributed by atoms with E-state index in [1.807, 2.05) is 30.9 Å². The Labute approximate surface area is 188 Å². The average Bonchev–Trinajstić information content (AvgIpc) is 2.81. The summed E-state index contributed by atoms with van der Waals surface area (Å²) >= 11 is 0. The molecule has 0 radical (unpaired) electrons. The number of morpholine rings is 1. The predicted molar refractivity (Wildman–Crippen MR) is 123 cm³/mol. The molecule has 10 heteroatoms. The minimum Gasteiger partial charge on any atom is -0.378 e. The highest BCUT2D eigenvalue weighted by molar-refractivity contribution is 7.89. The van der Waals surface area contributed by atoms with Crippen molar-refractivity contribution in [1.82, 2.24) is 4.31 Å². The van der Waals surface area contributed by atoms with Crippen LogP contribution in [0, 0.1) is 24.0 Å². The monoisotopic (exact) mass is 460 g/mol. The molecular formula is C22H28N4O5S. The van der Waals surface area contributed by atoms with Crippen LogP contribution >= 0.6 is 0 Å². The van der Waals surface area contributed by atoms with Crippen molar-refractivity contribution in [3.8, 4) is 0 Å². The number of piperazine rings is 1. The summed E-state index contributed by atoms with van der Waals surface area (Å²) in [6, 6.07) is 10.4. The van der Waals surface area contributed by atoms with Crippen molar-refractivity contribution in [1.29, 1.82) is 0 Å². The molecule has 32 heavy (non-hydrogen) atoms. The summed E-state index contributed by atoms with van der Waals surface area (Å²) in [6.45, 7) is 7.91. The Morgan fingerprint density at radius 1 is 0.875 bits per heavy atom. The molecule has 2 heterocycles. The molecule has 0 saturated carbocycles. The van der Waals surface area contributed by atoms with Gasteiger partial charge >= 0.3 is 0 Å². The second kappa shape index (κ2) is 9.05. The van der Waals surface area contributed by atoms with Crippen LogP contribution in [-0.2, 0) is 14.8 Å². The first-order valence-electron chi connectivity index (χ1n) is 10.7. The van der Waals surface area contributed by atoms with Gasteiger partial charge in [0.2, 0.25) is 10.0 Å². The van der Waals surface area contributed by atoms with E-state index < -0.39 is 10.0 Å². The molecule has 2 aromatic carbocycles. The zero-order valence-corrected chi connectivity index (χ0v) is 19.2. The fourth-order valence-corrected chi connectivity index (χ4v) is 5.64. The lowest BCUT2D eigenvalue weighted by molar-refractivity contribution is -0.384. The second-order valence-corrected chi connectivity index (χ2v) is 10.1. The number of ether oxygens (including phenoxy) is 1. The van der Waals surface area contributed by atoms with Crippen LogP contribution in [0.25, 0.3) is 0 Å². The van der Waals surface area contributed by atoms with E-state index >= 15 is 0 Å². The van der Waals surface area contributed by atoms with Crippen LogP contribution in [0.5, 0.6) is 0 Å². The SMILES string of the molecule is Cc1ccc(S(=O)(=O)N2CCN(c3ccc([N+](=O)[O-])c(N4CCOCC4)c3)CC2)cc1C. The lowest BCUT2D eigenvalue weighted by atomic mass is 10.1. The molecule has 2 aliphatic rings. The van der Waals surface area contributed by atoms with Gasteiger partial charge in [-0.15, -0.1) is 0 Å². The van der Waals surface area contributed by atoms with Crippen LogP contribution in [0.2, 0.25) is 0 Å². The van der Waals surface area contributed by atoms with Gasteiger partial charge in [0.1, 0.15) is 5.69 Å². The maximum Gasteiger partial charge on any atom is 0.292 e. The Morgan fingerprint density at radius 3 is 2.19 bits per heavy atom. The third-order valence-corrected chi connectivity index (χ3v) is 8.12. The van der Waals surface area contributed by atoms with Crippen molar-refractivity contribution in [2.24, 2.45) is 0 Å². The van der Waals surface area contributed by atoms with Crippen LogP contribution in [0.4, 0.5) is 17.1 Å². The van der Waals surface area contributed by atoms with Crippen LogP contribution < -0.4 is 9.80 Å².